The molecule has 1 fully saturated rings. The Balaban J connectivity index is 1.86. The van der Waals surface area contributed by atoms with Gasteiger partial charge in [0.1, 0.15) is 0 Å². The summed E-state index contributed by atoms with van der Waals surface area (Å²) in [7, 11) is 0. The summed E-state index contributed by atoms with van der Waals surface area (Å²) in [6.07, 6.45) is 3.28. The zero-order valence-electron chi connectivity index (χ0n) is 12.2. The molecule has 1 aliphatic heterocycles. The van der Waals surface area contributed by atoms with E-state index in [0.29, 0.717) is 18.2 Å². The van der Waals surface area contributed by atoms with E-state index in [1.54, 1.807) is 19.1 Å². The zero-order chi connectivity index (χ0) is 15.2. The van der Waals surface area contributed by atoms with E-state index in [1.807, 2.05) is 0 Å². The molecule has 2 unspecified atom stereocenters. The molecule has 0 radical (unpaired) electrons. The second-order valence-corrected chi connectivity index (χ2v) is 5.45. The van der Waals surface area contributed by atoms with Gasteiger partial charge in [0.05, 0.1) is 10.8 Å². The smallest absolute Gasteiger partial charge is 0.269 e. The van der Waals surface area contributed by atoms with Gasteiger partial charge in [0.15, 0.2) is 0 Å². The third kappa shape index (κ3) is 4.26. The fraction of sp³-hybridized carbons (Fsp3) is 0.533. The summed E-state index contributed by atoms with van der Waals surface area (Å²) in [6.45, 7) is 3.46. The van der Waals surface area contributed by atoms with E-state index in [-0.39, 0.29) is 17.5 Å². The maximum absolute atomic E-state index is 12.1. The van der Waals surface area contributed by atoms with E-state index >= 15 is 0 Å². The van der Waals surface area contributed by atoms with Gasteiger partial charge in [-0.2, -0.15) is 0 Å². The summed E-state index contributed by atoms with van der Waals surface area (Å²) in [5, 5.41) is 17.1. The highest BCUT2D eigenvalue weighted by Gasteiger charge is 2.18. The standard InChI is InChI=1S/C15H21N3O3/c1-11(12-4-2-6-14(10-12)18(20)21)15(19)17-9-7-13-5-3-8-16-13/h2,4,6,10-11,13,16H,3,5,7-9H2,1H3,(H,17,19). The number of amides is 1. The number of nitrogens with one attached hydrogen (secondary N) is 2. The second-order valence-electron chi connectivity index (χ2n) is 5.45. The van der Waals surface area contributed by atoms with E-state index in [1.165, 1.54) is 18.6 Å². The van der Waals surface area contributed by atoms with E-state index < -0.39 is 4.92 Å². The van der Waals surface area contributed by atoms with Crippen molar-refractivity contribution in [1.82, 2.24) is 10.6 Å². The molecule has 1 amide bonds. The molecule has 2 atom stereocenters. The molecule has 0 spiro atoms. The quantitative estimate of drug-likeness (QED) is 0.620. The van der Waals surface area contributed by atoms with Crippen molar-refractivity contribution in [3.63, 3.8) is 0 Å². The molecule has 0 aliphatic carbocycles. The molecule has 0 saturated carbocycles. The number of carbonyl (C=O) groups excluding carboxylic acids is 1. The third-order valence-corrected chi connectivity index (χ3v) is 3.93. The number of nitro benzene ring substituents is 1. The molecule has 6 nitrogen and oxygen atoms in total. The van der Waals surface area contributed by atoms with E-state index in [2.05, 4.69) is 10.6 Å². The van der Waals surface area contributed by atoms with Crippen molar-refractivity contribution in [1.29, 1.82) is 0 Å². The monoisotopic (exact) mass is 291 g/mol. The molecule has 0 aromatic heterocycles. The Morgan fingerprint density at radius 1 is 1.57 bits per heavy atom. The van der Waals surface area contributed by atoms with E-state index in [0.717, 1.165) is 19.4 Å². The molecule has 1 heterocycles. The number of nitrogens with zero attached hydrogens (tertiary/aromatic N) is 1. The molecule has 21 heavy (non-hydrogen) atoms. The number of nitro groups is 1. The van der Waals surface area contributed by atoms with Gasteiger partial charge in [0.2, 0.25) is 5.91 Å². The minimum Gasteiger partial charge on any atom is -0.356 e. The van der Waals surface area contributed by atoms with Crippen LogP contribution in [0.2, 0.25) is 0 Å². The van der Waals surface area contributed by atoms with Crippen LogP contribution in [0, 0.1) is 10.1 Å². The normalized spacial score (nSPS) is 19.2. The highest BCUT2D eigenvalue weighted by Crippen LogP contribution is 2.20. The SMILES string of the molecule is CC(C(=O)NCCC1CCCN1)c1cccc([N+](=O)[O-])c1. The van der Waals surface area contributed by atoms with Gasteiger partial charge in [-0.3, -0.25) is 14.9 Å². The van der Waals surface area contributed by atoms with Crippen molar-refractivity contribution in [2.45, 2.75) is 38.1 Å². The van der Waals surface area contributed by atoms with Crippen LogP contribution in [0.4, 0.5) is 5.69 Å². The topological polar surface area (TPSA) is 84.3 Å². The number of rotatable bonds is 6. The molecule has 1 saturated heterocycles. The van der Waals surface area contributed by atoms with Crippen LogP contribution in [0.15, 0.2) is 24.3 Å². The first-order valence-corrected chi connectivity index (χ1v) is 7.33. The molecule has 1 aliphatic rings. The van der Waals surface area contributed by atoms with Crippen molar-refractivity contribution in [3.05, 3.63) is 39.9 Å². The molecule has 2 N–H and O–H groups in total. The van der Waals surface area contributed by atoms with Crippen molar-refractivity contribution in [3.8, 4) is 0 Å². The Labute approximate surface area is 124 Å². The summed E-state index contributed by atoms with van der Waals surface area (Å²) in [4.78, 5) is 22.4. The number of carbonyl (C=O) groups is 1. The van der Waals surface area contributed by atoms with Gasteiger partial charge in [0.25, 0.3) is 5.69 Å². The molecule has 114 valence electrons. The minimum absolute atomic E-state index is 0.0160. The summed E-state index contributed by atoms with van der Waals surface area (Å²) in [6, 6.07) is 6.75. The van der Waals surface area contributed by atoms with Crippen molar-refractivity contribution in [2.75, 3.05) is 13.1 Å². The molecule has 6 heteroatoms. The van der Waals surface area contributed by atoms with E-state index in [4.69, 9.17) is 0 Å². The minimum atomic E-state index is -0.445. The van der Waals surface area contributed by atoms with Gasteiger partial charge in [-0.1, -0.05) is 12.1 Å². The highest BCUT2D eigenvalue weighted by molar-refractivity contribution is 5.83. The van der Waals surface area contributed by atoms with Gasteiger partial charge in [-0.25, -0.2) is 0 Å². The predicted molar refractivity (Wildman–Crippen MR) is 80.2 cm³/mol. The van der Waals surface area contributed by atoms with Crippen LogP contribution in [-0.4, -0.2) is 30.0 Å². The Morgan fingerprint density at radius 2 is 2.38 bits per heavy atom. The van der Waals surface area contributed by atoms with Crippen LogP contribution >= 0.6 is 0 Å². The average molecular weight is 291 g/mol. The van der Waals surface area contributed by atoms with Gasteiger partial charge in [-0.15, -0.1) is 0 Å². The molecular weight excluding hydrogens is 270 g/mol. The van der Waals surface area contributed by atoms with Crippen LogP contribution in [-0.2, 0) is 4.79 Å². The fourth-order valence-electron chi connectivity index (χ4n) is 2.58. The molecule has 1 aromatic rings. The van der Waals surface area contributed by atoms with E-state index in [9.17, 15) is 14.9 Å². The maximum Gasteiger partial charge on any atom is 0.269 e. The fourth-order valence-corrected chi connectivity index (χ4v) is 2.58. The highest BCUT2D eigenvalue weighted by atomic mass is 16.6. The maximum atomic E-state index is 12.1. The summed E-state index contributed by atoms with van der Waals surface area (Å²) >= 11 is 0. The molecule has 2 rings (SSSR count). The first-order valence-electron chi connectivity index (χ1n) is 7.33. The summed E-state index contributed by atoms with van der Waals surface area (Å²) in [5.74, 6) is -0.477. The van der Waals surface area contributed by atoms with Gasteiger partial charge >= 0.3 is 0 Å². The lowest BCUT2D eigenvalue weighted by atomic mass is 9.99. The number of hydrogen-bond donors (Lipinski definition) is 2. The van der Waals surface area contributed by atoms with Crippen LogP contribution in [0.5, 0.6) is 0 Å². The van der Waals surface area contributed by atoms with Gasteiger partial charge < -0.3 is 10.6 Å². The number of non-ortho nitro benzene ring substituents is 1. The Bertz CT molecular complexity index is 513. The summed E-state index contributed by atoms with van der Waals surface area (Å²) < 4.78 is 0. The molecular formula is C15H21N3O3. The lowest BCUT2D eigenvalue weighted by Gasteiger charge is -2.14. The van der Waals surface area contributed by atoms with Crippen LogP contribution in [0.3, 0.4) is 0 Å². The molecule has 1 aromatic carbocycles. The van der Waals surface area contributed by atoms with Gasteiger partial charge in [-0.05, 0) is 38.3 Å². The Hall–Kier alpha value is -1.95. The van der Waals surface area contributed by atoms with Gasteiger partial charge in [0, 0.05) is 24.7 Å². The lowest BCUT2D eigenvalue weighted by Crippen LogP contribution is -2.32. The average Bonchev–Trinajstić information content (AvgIpc) is 2.99. The molecule has 0 bridgehead atoms. The number of hydrogen-bond acceptors (Lipinski definition) is 4. The lowest BCUT2D eigenvalue weighted by molar-refractivity contribution is -0.384. The van der Waals surface area contributed by atoms with Crippen LogP contribution in [0.25, 0.3) is 0 Å². The van der Waals surface area contributed by atoms with Crippen molar-refractivity contribution >= 4 is 11.6 Å². The van der Waals surface area contributed by atoms with Crippen LogP contribution in [0.1, 0.15) is 37.7 Å². The predicted octanol–water partition coefficient (Wildman–Crippen LogP) is 1.96. The van der Waals surface area contributed by atoms with Crippen LogP contribution < -0.4 is 10.6 Å². The number of benzene rings is 1. The first-order chi connectivity index (χ1) is 10.1. The first kappa shape index (κ1) is 15.4. The third-order valence-electron chi connectivity index (χ3n) is 3.93. The zero-order valence-corrected chi connectivity index (χ0v) is 12.2. The Kier molecular flexibility index (Phi) is 5.27. The van der Waals surface area contributed by atoms with Crippen molar-refractivity contribution < 1.29 is 9.72 Å². The largest absolute Gasteiger partial charge is 0.356 e. The van der Waals surface area contributed by atoms with Crippen molar-refractivity contribution in [2.24, 2.45) is 0 Å². The summed E-state index contributed by atoms with van der Waals surface area (Å²) in [5.41, 5.74) is 0.683. The second kappa shape index (κ2) is 7.17. The Morgan fingerprint density at radius 3 is 3.05 bits per heavy atom.